The van der Waals surface area contributed by atoms with E-state index in [-0.39, 0.29) is 5.56 Å². The Hall–Kier alpha value is -3.22. The highest BCUT2D eigenvalue weighted by Crippen LogP contribution is 2.32. The van der Waals surface area contributed by atoms with Crippen molar-refractivity contribution in [3.8, 4) is 22.4 Å². The standard InChI is InChI=1S/C14H10N6O/c21-13-4-3-12(18-19-13)10-2-1-9(8-5-15-16-6-8)11-7-17-20-14(10)11/h1-7H,(H,15,16)(H,17,20)(H,19,21). The van der Waals surface area contributed by atoms with E-state index in [1.54, 1.807) is 18.5 Å². The molecule has 102 valence electrons. The highest BCUT2D eigenvalue weighted by atomic mass is 16.1. The maximum absolute atomic E-state index is 11.1. The van der Waals surface area contributed by atoms with Crippen LogP contribution in [0.5, 0.6) is 0 Å². The van der Waals surface area contributed by atoms with Crippen molar-refractivity contribution in [2.45, 2.75) is 0 Å². The lowest BCUT2D eigenvalue weighted by atomic mass is 10.0. The molecule has 0 amide bonds. The molecule has 3 N–H and O–H groups in total. The molecule has 4 rings (SSSR count). The first-order chi connectivity index (χ1) is 10.3. The molecular formula is C14H10N6O. The van der Waals surface area contributed by atoms with Gasteiger partial charge >= 0.3 is 0 Å². The van der Waals surface area contributed by atoms with Gasteiger partial charge in [0.1, 0.15) is 0 Å². The highest BCUT2D eigenvalue weighted by Gasteiger charge is 2.12. The van der Waals surface area contributed by atoms with Crippen LogP contribution >= 0.6 is 0 Å². The highest BCUT2D eigenvalue weighted by molar-refractivity contribution is 6.01. The largest absolute Gasteiger partial charge is 0.285 e. The summed E-state index contributed by atoms with van der Waals surface area (Å²) in [4.78, 5) is 11.1. The molecule has 0 bridgehead atoms. The summed E-state index contributed by atoms with van der Waals surface area (Å²) in [7, 11) is 0. The van der Waals surface area contributed by atoms with Crippen LogP contribution in [0.1, 0.15) is 0 Å². The van der Waals surface area contributed by atoms with Gasteiger partial charge in [0.15, 0.2) is 0 Å². The van der Waals surface area contributed by atoms with Gasteiger partial charge in [-0.1, -0.05) is 6.07 Å². The minimum absolute atomic E-state index is 0.227. The topological polar surface area (TPSA) is 103 Å². The van der Waals surface area contributed by atoms with E-state index < -0.39 is 0 Å². The van der Waals surface area contributed by atoms with Gasteiger partial charge in [-0.2, -0.15) is 15.3 Å². The van der Waals surface area contributed by atoms with Gasteiger partial charge in [0, 0.05) is 28.8 Å². The average Bonchev–Trinajstić information content (AvgIpc) is 3.19. The first-order valence-corrected chi connectivity index (χ1v) is 6.34. The molecule has 0 fully saturated rings. The van der Waals surface area contributed by atoms with Crippen LogP contribution in [0, 0.1) is 0 Å². The molecule has 0 saturated heterocycles. The molecule has 7 heteroatoms. The second-order valence-corrected chi connectivity index (χ2v) is 4.61. The van der Waals surface area contributed by atoms with Crippen LogP contribution in [0.4, 0.5) is 0 Å². The van der Waals surface area contributed by atoms with Gasteiger partial charge in [-0.05, 0) is 17.7 Å². The van der Waals surface area contributed by atoms with Gasteiger partial charge < -0.3 is 0 Å². The molecule has 3 heterocycles. The Morgan fingerprint density at radius 2 is 1.81 bits per heavy atom. The summed E-state index contributed by atoms with van der Waals surface area (Å²) in [5.74, 6) is 0. The molecule has 0 unspecified atom stereocenters. The van der Waals surface area contributed by atoms with E-state index in [0.717, 1.165) is 27.6 Å². The van der Waals surface area contributed by atoms with Crippen LogP contribution in [0.25, 0.3) is 33.3 Å². The molecule has 0 radical (unpaired) electrons. The third kappa shape index (κ3) is 1.83. The maximum Gasteiger partial charge on any atom is 0.264 e. The van der Waals surface area contributed by atoms with Crippen molar-refractivity contribution in [2.24, 2.45) is 0 Å². The zero-order valence-corrected chi connectivity index (χ0v) is 10.8. The molecule has 21 heavy (non-hydrogen) atoms. The molecule has 1 aromatic carbocycles. The van der Waals surface area contributed by atoms with Crippen LogP contribution < -0.4 is 5.56 Å². The summed E-state index contributed by atoms with van der Waals surface area (Å²) < 4.78 is 0. The van der Waals surface area contributed by atoms with Gasteiger partial charge in [-0.3, -0.25) is 15.0 Å². The molecule has 3 aromatic heterocycles. The van der Waals surface area contributed by atoms with E-state index in [4.69, 9.17) is 0 Å². The van der Waals surface area contributed by atoms with Crippen molar-refractivity contribution < 1.29 is 0 Å². The fourth-order valence-corrected chi connectivity index (χ4v) is 2.39. The molecule has 0 spiro atoms. The minimum atomic E-state index is -0.227. The fraction of sp³-hybridized carbons (Fsp3) is 0. The minimum Gasteiger partial charge on any atom is -0.285 e. The maximum atomic E-state index is 11.1. The van der Waals surface area contributed by atoms with Crippen molar-refractivity contribution >= 4 is 10.9 Å². The number of aromatic amines is 3. The summed E-state index contributed by atoms with van der Waals surface area (Å²) >= 11 is 0. The summed E-state index contributed by atoms with van der Waals surface area (Å²) in [6.45, 7) is 0. The SMILES string of the molecule is O=c1ccc(-c2ccc(-c3cn[nH]c3)c3cn[nH]c23)n[nH]1. The first kappa shape index (κ1) is 11.6. The predicted octanol–water partition coefficient (Wildman–Crippen LogP) is 1.70. The van der Waals surface area contributed by atoms with Gasteiger partial charge in [0.25, 0.3) is 5.56 Å². The molecule has 0 saturated carbocycles. The number of fused-ring (bicyclic) bond motifs is 1. The molecule has 4 aromatic rings. The Morgan fingerprint density at radius 1 is 0.905 bits per heavy atom. The lowest BCUT2D eigenvalue weighted by molar-refractivity contribution is 0.995. The molecule has 0 aliphatic heterocycles. The van der Waals surface area contributed by atoms with E-state index in [1.807, 2.05) is 18.3 Å². The number of rotatable bonds is 2. The third-order valence-electron chi connectivity index (χ3n) is 3.38. The van der Waals surface area contributed by atoms with Crippen molar-refractivity contribution in [3.63, 3.8) is 0 Å². The Balaban J connectivity index is 1.97. The fourth-order valence-electron chi connectivity index (χ4n) is 2.39. The van der Waals surface area contributed by atoms with Crippen LogP contribution in [-0.2, 0) is 0 Å². The zero-order chi connectivity index (χ0) is 14.2. The molecular weight excluding hydrogens is 268 g/mol. The van der Waals surface area contributed by atoms with Crippen molar-refractivity contribution in [3.05, 3.63) is 53.2 Å². The number of nitrogens with one attached hydrogen (secondary N) is 3. The van der Waals surface area contributed by atoms with E-state index >= 15 is 0 Å². The van der Waals surface area contributed by atoms with Crippen LogP contribution in [0.3, 0.4) is 0 Å². The van der Waals surface area contributed by atoms with E-state index in [0.29, 0.717) is 5.69 Å². The quantitative estimate of drug-likeness (QED) is 0.519. The number of nitrogens with zero attached hydrogens (tertiary/aromatic N) is 3. The molecule has 0 aliphatic rings. The Kier molecular flexibility index (Phi) is 2.43. The van der Waals surface area contributed by atoms with Gasteiger partial charge in [-0.25, -0.2) is 5.10 Å². The van der Waals surface area contributed by atoms with Crippen LogP contribution in [0.2, 0.25) is 0 Å². The summed E-state index contributed by atoms with van der Waals surface area (Å²) in [6.07, 6.45) is 5.37. The smallest absolute Gasteiger partial charge is 0.264 e. The van der Waals surface area contributed by atoms with Crippen LogP contribution in [0.15, 0.2) is 47.7 Å². The van der Waals surface area contributed by atoms with Crippen molar-refractivity contribution in [1.29, 1.82) is 0 Å². The Bertz CT molecular complexity index is 946. The van der Waals surface area contributed by atoms with Gasteiger partial charge in [-0.15, -0.1) is 0 Å². The monoisotopic (exact) mass is 278 g/mol. The molecule has 0 atom stereocenters. The van der Waals surface area contributed by atoms with E-state index in [9.17, 15) is 4.79 Å². The summed E-state index contributed by atoms with van der Waals surface area (Å²) in [5.41, 5.74) is 4.22. The van der Waals surface area contributed by atoms with Gasteiger partial charge in [0.2, 0.25) is 0 Å². The summed E-state index contributed by atoms with van der Waals surface area (Å²) in [6, 6.07) is 7.08. The lowest BCUT2D eigenvalue weighted by Gasteiger charge is -2.05. The Morgan fingerprint density at radius 3 is 2.57 bits per heavy atom. The molecule has 7 nitrogen and oxygen atoms in total. The van der Waals surface area contributed by atoms with E-state index in [1.165, 1.54) is 6.07 Å². The number of aromatic nitrogens is 6. The van der Waals surface area contributed by atoms with E-state index in [2.05, 4.69) is 30.6 Å². The van der Waals surface area contributed by atoms with Crippen molar-refractivity contribution in [1.82, 2.24) is 30.6 Å². The molecule has 0 aliphatic carbocycles. The normalized spacial score (nSPS) is 11.0. The van der Waals surface area contributed by atoms with Gasteiger partial charge in [0.05, 0.1) is 23.6 Å². The lowest BCUT2D eigenvalue weighted by Crippen LogP contribution is -2.05. The Labute approximate surface area is 118 Å². The van der Waals surface area contributed by atoms with Crippen LogP contribution in [-0.4, -0.2) is 30.6 Å². The second kappa shape index (κ2) is 4.41. The number of hydrogen-bond donors (Lipinski definition) is 3. The third-order valence-corrected chi connectivity index (χ3v) is 3.38. The average molecular weight is 278 g/mol. The van der Waals surface area contributed by atoms with Crippen molar-refractivity contribution in [2.75, 3.05) is 0 Å². The number of hydrogen-bond acceptors (Lipinski definition) is 4. The zero-order valence-electron chi connectivity index (χ0n) is 10.8. The number of H-pyrrole nitrogens is 3. The number of benzene rings is 1. The second-order valence-electron chi connectivity index (χ2n) is 4.61. The summed E-state index contributed by atoms with van der Waals surface area (Å²) in [5, 5.41) is 21.4. The predicted molar refractivity (Wildman–Crippen MR) is 77.5 cm³/mol. The first-order valence-electron chi connectivity index (χ1n) is 6.34.